The molecule has 0 saturated heterocycles. The Kier molecular flexibility index (Phi) is 5.71. The Morgan fingerprint density at radius 1 is 1.04 bits per heavy atom. The van der Waals surface area contributed by atoms with Crippen molar-refractivity contribution in [1.29, 1.82) is 0 Å². The molecule has 0 aliphatic carbocycles. The molecule has 0 aliphatic heterocycles. The lowest BCUT2D eigenvalue weighted by Crippen LogP contribution is -2.26. The summed E-state index contributed by atoms with van der Waals surface area (Å²) in [6.45, 7) is 0.510. The van der Waals surface area contributed by atoms with Crippen LogP contribution in [0.2, 0.25) is 0 Å². The maximum atomic E-state index is 12.7. The number of pyridine rings is 1. The van der Waals surface area contributed by atoms with Crippen molar-refractivity contribution in [3.63, 3.8) is 0 Å². The van der Waals surface area contributed by atoms with Gasteiger partial charge in [-0.1, -0.05) is 24.3 Å². The fourth-order valence-electron chi connectivity index (χ4n) is 2.91. The zero-order valence-electron chi connectivity index (χ0n) is 15.7. The van der Waals surface area contributed by atoms with Crippen molar-refractivity contribution < 1.29 is 14.3 Å². The molecule has 2 aromatic carbocycles. The lowest BCUT2D eigenvalue weighted by Gasteiger charge is -2.18. The first-order valence-electron chi connectivity index (χ1n) is 8.59. The molecular weight excluding hydrogens is 340 g/mol. The number of hydrogen-bond donors (Lipinski definition) is 0. The summed E-state index contributed by atoms with van der Waals surface area (Å²) < 4.78 is 10.6. The van der Waals surface area contributed by atoms with Crippen LogP contribution >= 0.6 is 0 Å². The van der Waals surface area contributed by atoms with E-state index in [9.17, 15) is 4.79 Å². The maximum Gasteiger partial charge on any atom is 0.253 e. The molecule has 0 spiro atoms. The lowest BCUT2D eigenvalue weighted by molar-refractivity contribution is 0.0785. The minimum absolute atomic E-state index is 0.0361. The molecular formula is C22H22N2O3. The van der Waals surface area contributed by atoms with Gasteiger partial charge >= 0.3 is 0 Å². The van der Waals surface area contributed by atoms with Crippen molar-refractivity contribution in [3.8, 4) is 22.6 Å². The summed E-state index contributed by atoms with van der Waals surface area (Å²) in [5.41, 5.74) is 3.57. The maximum absolute atomic E-state index is 12.7. The van der Waals surface area contributed by atoms with Gasteiger partial charge in [0.2, 0.25) is 0 Å². The second-order valence-corrected chi connectivity index (χ2v) is 6.17. The van der Waals surface area contributed by atoms with Gasteiger partial charge in [0.25, 0.3) is 5.91 Å². The van der Waals surface area contributed by atoms with E-state index in [-0.39, 0.29) is 5.91 Å². The van der Waals surface area contributed by atoms with Crippen LogP contribution in [0.15, 0.2) is 67.0 Å². The summed E-state index contributed by atoms with van der Waals surface area (Å²) in [5, 5.41) is 0. The van der Waals surface area contributed by atoms with Gasteiger partial charge in [0.05, 0.1) is 20.4 Å². The van der Waals surface area contributed by atoms with Crippen LogP contribution < -0.4 is 9.47 Å². The molecule has 1 amide bonds. The van der Waals surface area contributed by atoms with Crippen LogP contribution in [-0.2, 0) is 6.54 Å². The Balaban J connectivity index is 1.75. The molecule has 27 heavy (non-hydrogen) atoms. The molecule has 0 bridgehead atoms. The Morgan fingerprint density at radius 3 is 2.52 bits per heavy atom. The Hall–Kier alpha value is -3.34. The average molecular weight is 362 g/mol. The van der Waals surface area contributed by atoms with Crippen molar-refractivity contribution in [2.24, 2.45) is 0 Å². The Bertz CT molecular complexity index is 923. The van der Waals surface area contributed by atoms with Gasteiger partial charge in [-0.25, -0.2) is 0 Å². The highest BCUT2D eigenvalue weighted by molar-refractivity contribution is 5.94. The third-order valence-corrected chi connectivity index (χ3v) is 4.35. The summed E-state index contributed by atoms with van der Waals surface area (Å²) in [5.74, 6) is 1.45. The monoisotopic (exact) mass is 362 g/mol. The topological polar surface area (TPSA) is 51.7 Å². The summed E-state index contributed by atoms with van der Waals surface area (Å²) in [7, 11) is 5.04. The summed E-state index contributed by atoms with van der Waals surface area (Å²) >= 11 is 0. The zero-order valence-corrected chi connectivity index (χ0v) is 15.7. The van der Waals surface area contributed by atoms with E-state index < -0.39 is 0 Å². The molecule has 3 aromatic rings. The largest absolute Gasteiger partial charge is 0.497 e. The van der Waals surface area contributed by atoms with E-state index in [1.165, 1.54) is 0 Å². The number of hydrogen-bond acceptors (Lipinski definition) is 4. The number of aromatic nitrogens is 1. The molecule has 3 rings (SSSR count). The number of methoxy groups -OCH3 is 2. The fraction of sp³-hybridized carbons (Fsp3) is 0.182. The molecule has 5 heteroatoms. The van der Waals surface area contributed by atoms with Crippen LogP contribution in [0.3, 0.4) is 0 Å². The van der Waals surface area contributed by atoms with Crippen LogP contribution in [0, 0.1) is 0 Å². The van der Waals surface area contributed by atoms with Crippen molar-refractivity contribution in [1.82, 2.24) is 9.88 Å². The summed E-state index contributed by atoms with van der Waals surface area (Å²) in [4.78, 5) is 18.5. The molecule has 1 heterocycles. The molecule has 5 nitrogen and oxygen atoms in total. The van der Waals surface area contributed by atoms with Crippen molar-refractivity contribution in [3.05, 3.63) is 78.1 Å². The van der Waals surface area contributed by atoms with Gasteiger partial charge in [0, 0.05) is 30.9 Å². The Morgan fingerprint density at radius 2 is 1.81 bits per heavy atom. The molecule has 0 N–H and O–H groups in total. The van der Waals surface area contributed by atoms with E-state index in [0.717, 1.165) is 22.4 Å². The van der Waals surface area contributed by atoms with Crippen LogP contribution in [-0.4, -0.2) is 37.1 Å². The van der Waals surface area contributed by atoms with Crippen molar-refractivity contribution in [2.75, 3.05) is 21.3 Å². The number of carbonyl (C=O) groups excluding carboxylic acids is 1. The normalized spacial score (nSPS) is 10.3. The van der Waals surface area contributed by atoms with Gasteiger partial charge in [-0.15, -0.1) is 0 Å². The SMILES string of the molecule is COc1cccc(CN(C)C(=O)c2ccc(-c3ccncc3OC)cc2)c1. The van der Waals surface area contributed by atoms with Gasteiger partial charge in [-0.2, -0.15) is 0 Å². The van der Waals surface area contributed by atoms with E-state index >= 15 is 0 Å². The predicted molar refractivity (Wildman–Crippen MR) is 105 cm³/mol. The first-order chi connectivity index (χ1) is 13.1. The minimum atomic E-state index is -0.0361. The molecule has 0 radical (unpaired) electrons. The van der Waals surface area contributed by atoms with Crippen LogP contribution in [0.5, 0.6) is 11.5 Å². The lowest BCUT2D eigenvalue weighted by atomic mass is 10.0. The first-order valence-corrected chi connectivity index (χ1v) is 8.59. The number of benzene rings is 2. The molecule has 0 aliphatic rings. The zero-order chi connectivity index (χ0) is 19.2. The van der Waals surface area contributed by atoms with Crippen molar-refractivity contribution in [2.45, 2.75) is 6.54 Å². The van der Waals surface area contributed by atoms with Crippen LogP contribution in [0.1, 0.15) is 15.9 Å². The molecule has 0 atom stereocenters. The highest BCUT2D eigenvalue weighted by Crippen LogP contribution is 2.29. The van der Waals surface area contributed by atoms with Gasteiger partial charge in [0.1, 0.15) is 11.5 Å². The van der Waals surface area contributed by atoms with Gasteiger partial charge in [-0.3, -0.25) is 9.78 Å². The molecule has 0 saturated carbocycles. The van der Waals surface area contributed by atoms with Crippen LogP contribution in [0.4, 0.5) is 0 Å². The molecule has 138 valence electrons. The third-order valence-electron chi connectivity index (χ3n) is 4.35. The van der Waals surface area contributed by atoms with Gasteiger partial charge in [-0.05, 0) is 41.5 Å². The highest BCUT2D eigenvalue weighted by Gasteiger charge is 2.13. The number of amides is 1. The van der Waals surface area contributed by atoms with Crippen molar-refractivity contribution >= 4 is 5.91 Å². The Labute approximate surface area is 159 Å². The third kappa shape index (κ3) is 4.26. The molecule has 1 aromatic heterocycles. The van der Waals surface area contributed by atoms with Crippen LogP contribution in [0.25, 0.3) is 11.1 Å². The molecule has 0 fully saturated rings. The standard InChI is InChI=1S/C22H22N2O3/c1-24(15-16-5-4-6-19(13-16)26-2)22(25)18-9-7-17(8-10-18)20-11-12-23-14-21(20)27-3/h4-14H,15H2,1-3H3. The van der Waals surface area contributed by atoms with E-state index in [0.29, 0.717) is 17.9 Å². The first kappa shape index (κ1) is 18.5. The smallest absolute Gasteiger partial charge is 0.253 e. The predicted octanol–water partition coefficient (Wildman–Crippen LogP) is 4.04. The quantitative estimate of drug-likeness (QED) is 0.664. The number of nitrogens with zero attached hydrogens (tertiary/aromatic N) is 2. The van der Waals surface area contributed by atoms with E-state index in [1.807, 2.05) is 54.6 Å². The number of ether oxygens (including phenoxy) is 2. The minimum Gasteiger partial charge on any atom is -0.497 e. The van der Waals surface area contributed by atoms with E-state index in [2.05, 4.69) is 4.98 Å². The number of carbonyl (C=O) groups is 1. The second kappa shape index (κ2) is 8.36. The van der Waals surface area contributed by atoms with Gasteiger partial charge in [0.15, 0.2) is 0 Å². The van der Waals surface area contributed by atoms with Gasteiger partial charge < -0.3 is 14.4 Å². The average Bonchev–Trinajstić information content (AvgIpc) is 2.73. The highest BCUT2D eigenvalue weighted by atomic mass is 16.5. The second-order valence-electron chi connectivity index (χ2n) is 6.17. The fourth-order valence-corrected chi connectivity index (χ4v) is 2.91. The summed E-state index contributed by atoms with van der Waals surface area (Å²) in [6, 6.07) is 17.1. The molecule has 0 unspecified atom stereocenters. The van der Waals surface area contributed by atoms with E-state index in [1.54, 1.807) is 38.6 Å². The summed E-state index contributed by atoms with van der Waals surface area (Å²) in [6.07, 6.45) is 3.40. The van der Waals surface area contributed by atoms with E-state index in [4.69, 9.17) is 9.47 Å². The number of rotatable bonds is 6.